The smallest absolute Gasteiger partial charge is 0.101 e. The van der Waals surface area contributed by atoms with Gasteiger partial charge in [0.2, 0.25) is 0 Å². The molecule has 0 radical (unpaired) electrons. The lowest BCUT2D eigenvalue weighted by atomic mass is 10.0. The lowest BCUT2D eigenvalue weighted by molar-refractivity contribution is 1.16. The van der Waals surface area contributed by atoms with Crippen molar-refractivity contribution in [2.45, 2.75) is 0 Å². The Morgan fingerprint density at radius 3 is 1.60 bits per heavy atom. The van der Waals surface area contributed by atoms with Gasteiger partial charge in [-0.25, -0.2) is 0 Å². The fraction of sp³-hybridized carbons (Fsp3) is 0. The Morgan fingerprint density at radius 2 is 0.909 bits per heavy atom. The maximum absolute atomic E-state index is 10.3. The molecular formula is C50H29N5. The van der Waals surface area contributed by atoms with Crippen LogP contribution in [0.15, 0.2) is 176 Å². The van der Waals surface area contributed by atoms with Gasteiger partial charge in [0.25, 0.3) is 0 Å². The van der Waals surface area contributed by atoms with Crippen molar-refractivity contribution in [3.8, 4) is 40.3 Å². The molecule has 3 aromatic heterocycles. The Hall–Kier alpha value is -7.86. The van der Waals surface area contributed by atoms with Gasteiger partial charge in [0.05, 0.1) is 56.0 Å². The molecule has 0 aliphatic heterocycles. The first-order chi connectivity index (χ1) is 27.2. The number of hydrogen-bond donors (Lipinski definition) is 0. The molecule has 0 saturated carbocycles. The first-order valence-corrected chi connectivity index (χ1v) is 18.3. The van der Waals surface area contributed by atoms with Gasteiger partial charge >= 0.3 is 0 Å². The second-order valence-electron chi connectivity index (χ2n) is 14.0. The number of fused-ring (bicyclic) bond motifs is 9. The molecule has 11 aromatic rings. The highest BCUT2D eigenvalue weighted by molar-refractivity contribution is 6.16. The van der Waals surface area contributed by atoms with Crippen molar-refractivity contribution in [3.05, 3.63) is 187 Å². The fourth-order valence-electron chi connectivity index (χ4n) is 8.82. The lowest BCUT2D eigenvalue weighted by Gasteiger charge is -2.14. The minimum atomic E-state index is 0.547. The van der Waals surface area contributed by atoms with E-state index in [1.165, 1.54) is 32.6 Å². The zero-order chi connectivity index (χ0) is 36.6. The highest BCUT2D eigenvalue weighted by Crippen LogP contribution is 2.41. The minimum Gasteiger partial charge on any atom is -0.309 e. The summed E-state index contributed by atoms with van der Waals surface area (Å²) in [5, 5.41) is 27.4. The molecule has 8 aromatic carbocycles. The highest BCUT2D eigenvalue weighted by atomic mass is 15.0. The third-order valence-electron chi connectivity index (χ3n) is 11.1. The van der Waals surface area contributed by atoms with Gasteiger partial charge in [-0.15, -0.1) is 0 Å². The monoisotopic (exact) mass is 699 g/mol. The number of benzene rings is 8. The summed E-state index contributed by atoms with van der Waals surface area (Å²) in [6.07, 6.45) is 0. The zero-order valence-electron chi connectivity index (χ0n) is 29.5. The molecule has 254 valence electrons. The molecule has 0 atom stereocenters. The van der Waals surface area contributed by atoms with E-state index in [0.29, 0.717) is 11.1 Å². The van der Waals surface area contributed by atoms with Crippen molar-refractivity contribution >= 4 is 65.4 Å². The Morgan fingerprint density at radius 1 is 0.364 bits per heavy atom. The van der Waals surface area contributed by atoms with Crippen LogP contribution in [-0.2, 0) is 0 Å². The standard InChI is InChI=1S/C50H29N5/c51-30-32-26-35(29-37(27-32)54-43-20-5-3-17-40(43)41-19-10-13-34(31-52)50(41)54)33-12-9-14-36(28-33)53-46-23-8-4-18-42(46)49-47(53)24-11-25-48(49)55-44-21-6-1-15-38(44)39-16-2-7-22-45(39)55/h1-29H. The molecule has 11 rings (SSSR count). The van der Waals surface area contributed by atoms with Crippen LogP contribution in [0.2, 0.25) is 0 Å². The largest absolute Gasteiger partial charge is 0.309 e. The Labute approximate surface area is 316 Å². The molecular weight excluding hydrogens is 671 g/mol. The van der Waals surface area contributed by atoms with Gasteiger partial charge in [0.15, 0.2) is 0 Å². The second-order valence-corrected chi connectivity index (χ2v) is 14.0. The van der Waals surface area contributed by atoms with E-state index in [-0.39, 0.29) is 0 Å². The number of para-hydroxylation sites is 5. The summed E-state index contributed by atoms with van der Waals surface area (Å²) in [4.78, 5) is 0. The third kappa shape index (κ3) is 4.45. The van der Waals surface area contributed by atoms with E-state index in [9.17, 15) is 10.5 Å². The van der Waals surface area contributed by atoms with E-state index in [1.807, 2.05) is 36.4 Å². The van der Waals surface area contributed by atoms with Crippen molar-refractivity contribution in [3.63, 3.8) is 0 Å². The molecule has 0 aliphatic carbocycles. The molecule has 55 heavy (non-hydrogen) atoms. The molecule has 5 nitrogen and oxygen atoms in total. The average Bonchev–Trinajstić information content (AvgIpc) is 3.89. The van der Waals surface area contributed by atoms with Gasteiger partial charge in [0.1, 0.15) is 6.07 Å². The van der Waals surface area contributed by atoms with Gasteiger partial charge in [-0.1, -0.05) is 103 Å². The van der Waals surface area contributed by atoms with Gasteiger partial charge in [-0.3, -0.25) is 0 Å². The number of hydrogen-bond acceptors (Lipinski definition) is 2. The molecule has 5 heteroatoms. The Balaban J connectivity index is 1.14. The summed E-state index contributed by atoms with van der Waals surface area (Å²) in [5.74, 6) is 0. The molecule has 0 N–H and O–H groups in total. The van der Waals surface area contributed by atoms with E-state index in [4.69, 9.17) is 0 Å². The number of rotatable bonds is 4. The minimum absolute atomic E-state index is 0.547. The van der Waals surface area contributed by atoms with Crippen LogP contribution in [0.1, 0.15) is 11.1 Å². The topological polar surface area (TPSA) is 62.4 Å². The normalized spacial score (nSPS) is 11.6. The average molecular weight is 700 g/mol. The molecule has 0 spiro atoms. The van der Waals surface area contributed by atoms with Crippen molar-refractivity contribution in [2.75, 3.05) is 0 Å². The predicted molar refractivity (Wildman–Crippen MR) is 224 cm³/mol. The van der Waals surface area contributed by atoms with Gasteiger partial charge < -0.3 is 13.7 Å². The number of nitrogens with zero attached hydrogens (tertiary/aromatic N) is 5. The maximum atomic E-state index is 10.3. The van der Waals surface area contributed by atoms with Crippen LogP contribution in [0, 0.1) is 22.7 Å². The third-order valence-corrected chi connectivity index (χ3v) is 11.1. The van der Waals surface area contributed by atoms with Crippen LogP contribution in [0.3, 0.4) is 0 Å². The lowest BCUT2D eigenvalue weighted by Crippen LogP contribution is -1.98. The number of aromatic nitrogens is 3. The van der Waals surface area contributed by atoms with Crippen molar-refractivity contribution in [1.82, 2.24) is 13.7 Å². The van der Waals surface area contributed by atoms with E-state index >= 15 is 0 Å². The van der Waals surface area contributed by atoms with Crippen LogP contribution in [0.4, 0.5) is 0 Å². The summed E-state index contributed by atoms with van der Waals surface area (Å²) in [5.41, 5.74) is 12.4. The van der Waals surface area contributed by atoms with Gasteiger partial charge in [-0.2, -0.15) is 10.5 Å². The Bertz CT molecular complexity index is 3420. The van der Waals surface area contributed by atoms with E-state index in [1.54, 1.807) is 0 Å². The molecule has 0 saturated heterocycles. The molecule has 0 bridgehead atoms. The maximum Gasteiger partial charge on any atom is 0.101 e. The van der Waals surface area contributed by atoms with E-state index < -0.39 is 0 Å². The molecule has 0 aliphatic rings. The first kappa shape index (κ1) is 30.7. The highest BCUT2D eigenvalue weighted by Gasteiger charge is 2.20. The van der Waals surface area contributed by atoms with Crippen molar-refractivity contribution in [1.29, 1.82) is 10.5 Å². The second kappa shape index (κ2) is 11.8. The van der Waals surface area contributed by atoms with Crippen LogP contribution in [0.5, 0.6) is 0 Å². The first-order valence-electron chi connectivity index (χ1n) is 18.3. The van der Waals surface area contributed by atoms with Crippen molar-refractivity contribution < 1.29 is 0 Å². The molecule has 0 amide bonds. The summed E-state index contributed by atoms with van der Waals surface area (Å²) in [6.45, 7) is 0. The molecule has 0 unspecified atom stereocenters. The summed E-state index contributed by atoms with van der Waals surface area (Å²) < 4.78 is 6.88. The SMILES string of the molecule is N#Cc1cc(-c2cccc(-n3c4ccccc4c4c(-n5c6ccccc6c6ccccc65)cccc43)c2)cc(-n2c3ccccc3c3cccc(C#N)c32)c1. The molecule has 0 fully saturated rings. The predicted octanol–water partition coefficient (Wildman–Crippen LogP) is 12.4. The van der Waals surface area contributed by atoms with Gasteiger partial charge in [0, 0.05) is 43.7 Å². The van der Waals surface area contributed by atoms with Crippen molar-refractivity contribution in [2.24, 2.45) is 0 Å². The summed E-state index contributed by atoms with van der Waals surface area (Å²) in [7, 11) is 0. The van der Waals surface area contributed by atoms with Crippen LogP contribution in [0.25, 0.3) is 93.6 Å². The van der Waals surface area contributed by atoms with E-state index in [0.717, 1.165) is 61.0 Å². The summed E-state index contributed by atoms with van der Waals surface area (Å²) >= 11 is 0. The zero-order valence-corrected chi connectivity index (χ0v) is 29.5. The van der Waals surface area contributed by atoms with Gasteiger partial charge in [-0.05, 0) is 83.9 Å². The quantitative estimate of drug-likeness (QED) is 0.184. The van der Waals surface area contributed by atoms with Crippen LogP contribution in [-0.4, -0.2) is 13.7 Å². The van der Waals surface area contributed by atoms with Crippen LogP contribution < -0.4 is 0 Å². The van der Waals surface area contributed by atoms with E-state index in [2.05, 4.69) is 165 Å². The Kier molecular flexibility index (Phi) is 6.61. The molecule has 3 heterocycles. The van der Waals surface area contributed by atoms with Crippen LogP contribution >= 0.6 is 0 Å². The fourth-order valence-corrected chi connectivity index (χ4v) is 8.82. The number of nitriles is 2. The summed E-state index contributed by atoms with van der Waals surface area (Å²) in [6, 6.07) is 66.0.